The normalized spacial score (nSPS) is 9.25. The quantitative estimate of drug-likeness (QED) is 0.683. The van der Waals surface area contributed by atoms with E-state index in [2.05, 4.69) is 29.5 Å². The molecule has 1 heterocycles. The molecule has 0 radical (unpaired) electrons. The molecule has 0 aromatic carbocycles. The van der Waals surface area contributed by atoms with Crippen LogP contribution in [0.3, 0.4) is 0 Å². The Kier molecular flexibility index (Phi) is 3.39. The molecule has 0 aliphatic rings. The molecule has 0 aliphatic heterocycles. The fourth-order valence-electron chi connectivity index (χ4n) is 0.503. The highest BCUT2D eigenvalue weighted by Gasteiger charge is 2.03. The molecule has 0 aliphatic carbocycles. The van der Waals surface area contributed by atoms with E-state index in [0.717, 1.165) is 0 Å². The summed E-state index contributed by atoms with van der Waals surface area (Å²) in [7, 11) is 0. The Labute approximate surface area is 83.0 Å². The zero-order valence-electron chi connectivity index (χ0n) is 5.48. The van der Waals surface area contributed by atoms with Crippen LogP contribution in [0.5, 0.6) is 0 Å². The summed E-state index contributed by atoms with van der Waals surface area (Å²) in [5, 5.41) is 0. The van der Waals surface area contributed by atoms with E-state index in [9.17, 15) is 0 Å². The van der Waals surface area contributed by atoms with Crippen molar-refractivity contribution in [2.45, 2.75) is 0 Å². The van der Waals surface area contributed by atoms with Crippen molar-refractivity contribution in [3.63, 3.8) is 0 Å². The van der Waals surface area contributed by atoms with Gasteiger partial charge in [0.25, 0.3) is 0 Å². The minimum atomic E-state index is 0.137. The van der Waals surface area contributed by atoms with E-state index in [1.165, 1.54) is 0 Å². The summed E-state index contributed by atoms with van der Waals surface area (Å²) in [4.78, 5) is 17.7. The number of hydrogen-bond donors (Lipinski definition) is 3. The van der Waals surface area contributed by atoms with Crippen LogP contribution >= 0.6 is 35.3 Å². The molecule has 1 aromatic heterocycles. The molecule has 1 aromatic rings. The van der Waals surface area contributed by atoms with Crippen molar-refractivity contribution < 1.29 is 0 Å². The summed E-state index contributed by atoms with van der Waals surface area (Å²) in [6.45, 7) is 0. The topological polar surface area (TPSA) is 74.8 Å². The lowest BCUT2D eigenvalue weighted by molar-refractivity contribution is 1.09. The molecule has 0 fully saturated rings. The van der Waals surface area contributed by atoms with Gasteiger partial charge in [-0.15, -0.1) is 0 Å². The number of hydrogen-bond acceptors (Lipinski definition) is 6. The van der Waals surface area contributed by atoms with Gasteiger partial charge in [-0.25, -0.2) is 0 Å². The Morgan fingerprint density at radius 3 is 1.08 bits per heavy atom. The molecule has 0 bridgehead atoms. The number of halogens is 3. The zero-order chi connectivity index (χ0) is 8.97. The number of rotatable bonds is 3. The molecule has 12 heavy (non-hydrogen) atoms. The Hall–Kier alpha value is -0.720. The fourth-order valence-corrected chi connectivity index (χ4v) is 0.756. The van der Waals surface area contributed by atoms with Gasteiger partial charge < -0.3 is 0 Å². The van der Waals surface area contributed by atoms with Crippen molar-refractivity contribution in [3.05, 3.63) is 0 Å². The summed E-state index contributed by atoms with van der Waals surface area (Å²) in [6, 6.07) is 0. The minimum absolute atomic E-state index is 0.137. The number of anilines is 3. The molecule has 9 heteroatoms. The third kappa shape index (κ3) is 2.13. The van der Waals surface area contributed by atoms with Crippen molar-refractivity contribution >= 4 is 53.2 Å². The molecule has 0 unspecified atom stereocenters. The third-order valence-corrected chi connectivity index (χ3v) is 1.40. The smallest absolute Gasteiger partial charge is 0.244 e. The van der Waals surface area contributed by atoms with E-state index in [4.69, 9.17) is 35.3 Å². The van der Waals surface area contributed by atoms with E-state index in [0.29, 0.717) is 0 Å². The first kappa shape index (κ1) is 9.37. The van der Waals surface area contributed by atoms with Gasteiger partial charge in [-0.3, -0.25) is 14.5 Å². The van der Waals surface area contributed by atoms with Crippen LogP contribution in [0.1, 0.15) is 0 Å². The van der Waals surface area contributed by atoms with Gasteiger partial charge in [0, 0.05) is 35.3 Å². The largest absolute Gasteiger partial charge is 0.266 e. The lowest BCUT2D eigenvalue weighted by Gasteiger charge is -2.01. The van der Waals surface area contributed by atoms with Gasteiger partial charge in [-0.2, -0.15) is 15.0 Å². The van der Waals surface area contributed by atoms with Gasteiger partial charge >= 0.3 is 0 Å². The SMILES string of the molecule is ClNc1nc(NCl)nc(NCl)n1. The van der Waals surface area contributed by atoms with Crippen molar-refractivity contribution in [2.75, 3.05) is 14.5 Å². The van der Waals surface area contributed by atoms with Crippen molar-refractivity contribution in [1.29, 1.82) is 0 Å². The molecule has 0 spiro atoms. The van der Waals surface area contributed by atoms with Crippen molar-refractivity contribution in [3.8, 4) is 0 Å². The highest BCUT2D eigenvalue weighted by atomic mass is 35.5. The van der Waals surface area contributed by atoms with Gasteiger partial charge in [0.2, 0.25) is 17.8 Å². The molecule has 66 valence electrons. The number of nitrogens with zero attached hydrogens (tertiary/aromatic N) is 3. The highest BCUT2D eigenvalue weighted by Crippen LogP contribution is 2.10. The second kappa shape index (κ2) is 4.34. The van der Waals surface area contributed by atoms with E-state index in [1.807, 2.05) is 0 Å². The predicted octanol–water partition coefficient (Wildman–Crippen LogP) is 1.57. The molecule has 1 rings (SSSR count). The fraction of sp³-hybridized carbons (Fsp3) is 0. The lowest BCUT2D eigenvalue weighted by atomic mass is 10.8. The molecule has 0 atom stereocenters. The van der Waals surface area contributed by atoms with E-state index >= 15 is 0 Å². The van der Waals surface area contributed by atoms with Crippen molar-refractivity contribution in [2.24, 2.45) is 0 Å². The van der Waals surface area contributed by atoms with E-state index < -0.39 is 0 Å². The second-order valence-electron chi connectivity index (χ2n) is 1.59. The maximum absolute atomic E-state index is 5.24. The second-order valence-corrected chi connectivity index (χ2v) is 2.16. The first-order valence-corrected chi connectivity index (χ1v) is 3.79. The average Bonchev–Trinajstić information content (AvgIpc) is 2.16. The third-order valence-electron chi connectivity index (χ3n) is 0.889. The zero-order valence-corrected chi connectivity index (χ0v) is 7.74. The van der Waals surface area contributed by atoms with Gasteiger partial charge in [0.15, 0.2) is 0 Å². The number of aromatic nitrogens is 3. The summed E-state index contributed by atoms with van der Waals surface area (Å²) in [5.41, 5.74) is 0. The molecule has 3 N–H and O–H groups in total. The van der Waals surface area contributed by atoms with Gasteiger partial charge in [-0.05, 0) is 0 Å². The minimum Gasteiger partial charge on any atom is -0.266 e. The molecule has 0 saturated carbocycles. The number of nitrogens with one attached hydrogen (secondary N) is 3. The molecular formula is C3H3Cl3N6. The van der Waals surface area contributed by atoms with Gasteiger partial charge in [-0.1, -0.05) is 0 Å². The molecule has 6 nitrogen and oxygen atoms in total. The van der Waals surface area contributed by atoms with E-state index in [-0.39, 0.29) is 17.8 Å². The van der Waals surface area contributed by atoms with Crippen LogP contribution < -0.4 is 14.5 Å². The summed E-state index contributed by atoms with van der Waals surface area (Å²) in [5.74, 6) is 0.411. The maximum atomic E-state index is 5.24. The Morgan fingerprint density at radius 1 is 0.667 bits per heavy atom. The Morgan fingerprint density at radius 2 is 0.917 bits per heavy atom. The summed E-state index contributed by atoms with van der Waals surface area (Å²) < 4.78 is 0. The van der Waals surface area contributed by atoms with Crippen LogP contribution in [0.25, 0.3) is 0 Å². The van der Waals surface area contributed by atoms with Crippen LogP contribution in [0, 0.1) is 0 Å². The predicted molar refractivity (Wildman–Crippen MR) is 48.3 cm³/mol. The summed E-state index contributed by atoms with van der Waals surface area (Å²) >= 11 is 15.7. The first-order valence-electron chi connectivity index (χ1n) is 2.66. The maximum Gasteiger partial charge on any atom is 0.244 e. The summed E-state index contributed by atoms with van der Waals surface area (Å²) in [6.07, 6.45) is 0. The van der Waals surface area contributed by atoms with Crippen LogP contribution in [0.2, 0.25) is 0 Å². The molecule has 0 saturated heterocycles. The standard InChI is InChI=1S/C3H3Cl3N6/c4-10-1-7-2(11-5)9-3(8-1)12-6/h(H3,7,8,9,10,11,12). The van der Waals surface area contributed by atoms with Gasteiger partial charge in [0.05, 0.1) is 0 Å². The average molecular weight is 229 g/mol. The van der Waals surface area contributed by atoms with Gasteiger partial charge in [0.1, 0.15) is 0 Å². The highest BCUT2D eigenvalue weighted by molar-refractivity contribution is 6.25. The first-order chi connectivity index (χ1) is 5.80. The van der Waals surface area contributed by atoms with E-state index in [1.54, 1.807) is 0 Å². The molecule has 0 amide bonds. The Bertz CT molecular complexity index is 211. The van der Waals surface area contributed by atoms with Crippen molar-refractivity contribution in [1.82, 2.24) is 15.0 Å². The van der Waals surface area contributed by atoms with Crippen LogP contribution in [0.4, 0.5) is 17.8 Å². The van der Waals surface area contributed by atoms with Crippen LogP contribution in [0.15, 0.2) is 0 Å². The van der Waals surface area contributed by atoms with Crippen LogP contribution in [-0.4, -0.2) is 15.0 Å². The molecular weight excluding hydrogens is 226 g/mol. The Balaban J connectivity index is 3.01. The monoisotopic (exact) mass is 228 g/mol. The van der Waals surface area contributed by atoms with Crippen LogP contribution in [-0.2, 0) is 0 Å². The lowest BCUT2D eigenvalue weighted by Crippen LogP contribution is -2.01.